The van der Waals surface area contributed by atoms with Gasteiger partial charge in [0.05, 0.1) is 28.5 Å². The Morgan fingerprint density at radius 2 is 1.95 bits per heavy atom. The standard InChI is InChI=1S/C30H26ClN3O4/c1-33-30(37)23-9-8-17(14-25(23)31)19-11-18-5-4-10-38-29(18)24(13-19)28(36)27(32)21(16-35)12-20-15-34-26-7-3-2-6-22(20)26/h2-9,11,13-15,21,32,34-35H,10,12,16H2,1H3,(H,33,37). The van der Waals surface area contributed by atoms with Crippen molar-refractivity contribution >= 4 is 46.0 Å². The molecule has 1 amide bonds. The van der Waals surface area contributed by atoms with E-state index in [4.69, 9.17) is 21.7 Å². The zero-order valence-electron chi connectivity index (χ0n) is 20.7. The van der Waals surface area contributed by atoms with E-state index < -0.39 is 11.7 Å². The Hall–Kier alpha value is -4.20. The number of fused-ring (bicyclic) bond motifs is 2. The van der Waals surface area contributed by atoms with Crippen molar-refractivity contribution in [3.05, 3.63) is 94.1 Å². The summed E-state index contributed by atoms with van der Waals surface area (Å²) in [5, 5.41) is 22.8. The number of halogens is 1. The van der Waals surface area contributed by atoms with Crippen LogP contribution in [-0.2, 0) is 6.42 Å². The van der Waals surface area contributed by atoms with Crippen LogP contribution in [0, 0.1) is 11.3 Å². The normalized spacial score (nSPS) is 13.0. The highest BCUT2D eigenvalue weighted by Crippen LogP contribution is 2.36. The first-order valence-corrected chi connectivity index (χ1v) is 12.6. The fourth-order valence-corrected chi connectivity index (χ4v) is 5.01. The van der Waals surface area contributed by atoms with Crippen LogP contribution in [0.25, 0.3) is 28.1 Å². The molecule has 0 spiro atoms. The van der Waals surface area contributed by atoms with Crippen LogP contribution in [0.3, 0.4) is 0 Å². The first kappa shape index (κ1) is 25.4. The minimum Gasteiger partial charge on any atom is -0.488 e. The van der Waals surface area contributed by atoms with Crippen molar-refractivity contribution in [3.8, 4) is 16.9 Å². The smallest absolute Gasteiger partial charge is 0.252 e. The van der Waals surface area contributed by atoms with Gasteiger partial charge in [-0.3, -0.25) is 9.59 Å². The van der Waals surface area contributed by atoms with Gasteiger partial charge in [0.2, 0.25) is 5.78 Å². The van der Waals surface area contributed by atoms with E-state index in [2.05, 4.69) is 10.3 Å². The molecule has 3 aromatic carbocycles. The summed E-state index contributed by atoms with van der Waals surface area (Å²) in [4.78, 5) is 29.0. The van der Waals surface area contributed by atoms with Gasteiger partial charge in [-0.1, -0.05) is 41.9 Å². The first-order chi connectivity index (χ1) is 18.4. The van der Waals surface area contributed by atoms with Crippen molar-refractivity contribution in [2.24, 2.45) is 5.92 Å². The number of aromatic nitrogens is 1. The van der Waals surface area contributed by atoms with Crippen LogP contribution in [0.2, 0.25) is 5.02 Å². The Bertz CT molecular complexity index is 1600. The fraction of sp³-hybridized carbons (Fsp3) is 0.167. The molecule has 38 heavy (non-hydrogen) atoms. The molecular formula is C30H26ClN3O4. The average molecular weight is 528 g/mol. The van der Waals surface area contributed by atoms with E-state index >= 15 is 0 Å². The number of hydrogen-bond donors (Lipinski definition) is 4. The predicted octanol–water partition coefficient (Wildman–Crippen LogP) is 5.31. The summed E-state index contributed by atoms with van der Waals surface area (Å²) < 4.78 is 5.83. The van der Waals surface area contributed by atoms with Crippen molar-refractivity contribution < 1.29 is 19.4 Å². The number of para-hydroxylation sites is 1. The molecule has 0 radical (unpaired) electrons. The average Bonchev–Trinajstić information content (AvgIpc) is 3.36. The third-order valence-electron chi connectivity index (χ3n) is 6.77. The Morgan fingerprint density at radius 1 is 1.13 bits per heavy atom. The number of Topliss-reactive ketones (excluding diaryl/α,β-unsaturated/α-hetero) is 1. The summed E-state index contributed by atoms with van der Waals surface area (Å²) >= 11 is 6.39. The monoisotopic (exact) mass is 527 g/mol. The highest BCUT2D eigenvalue weighted by molar-refractivity contribution is 6.46. The van der Waals surface area contributed by atoms with Crippen LogP contribution in [0.1, 0.15) is 31.8 Å². The largest absolute Gasteiger partial charge is 0.488 e. The zero-order valence-corrected chi connectivity index (χ0v) is 21.4. The Morgan fingerprint density at radius 3 is 2.71 bits per heavy atom. The number of amides is 1. The quantitative estimate of drug-likeness (QED) is 0.184. The molecule has 0 aliphatic carbocycles. The second-order valence-electron chi connectivity index (χ2n) is 9.12. The molecule has 0 bridgehead atoms. The van der Waals surface area contributed by atoms with Crippen LogP contribution in [-0.4, -0.2) is 47.8 Å². The van der Waals surface area contributed by atoms with Crippen LogP contribution in [0.4, 0.5) is 0 Å². The number of aliphatic hydroxyl groups excluding tert-OH is 1. The molecule has 4 N–H and O–H groups in total. The van der Waals surface area contributed by atoms with Crippen molar-refractivity contribution in [3.63, 3.8) is 0 Å². The van der Waals surface area contributed by atoms with E-state index in [1.165, 1.54) is 7.05 Å². The number of ether oxygens (including phenoxy) is 1. The van der Waals surface area contributed by atoms with Crippen molar-refractivity contribution in [2.75, 3.05) is 20.3 Å². The third-order valence-corrected chi connectivity index (χ3v) is 7.08. The molecule has 1 aliphatic heterocycles. The minimum atomic E-state index is -0.693. The van der Waals surface area contributed by atoms with Crippen molar-refractivity contribution in [2.45, 2.75) is 6.42 Å². The number of nitrogens with one attached hydrogen (secondary N) is 3. The molecule has 1 unspecified atom stereocenters. The predicted molar refractivity (Wildman–Crippen MR) is 149 cm³/mol. The molecule has 192 valence electrons. The number of benzene rings is 3. The second-order valence-corrected chi connectivity index (χ2v) is 9.52. The summed E-state index contributed by atoms with van der Waals surface area (Å²) in [5.74, 6) is -1.09. The molecular weight excluding hydrogens is 502 g/mol. The van der Waals surface area contributed by atoms with Gasteiger partial charge in [-0.15, -0.1) is 0 Å². The Labute approximate surface area is 224 Å². The van der Waals surface area contributed by atoms with Gasteiger partial charge in [0.15, 0.2) is 0 Å². The van der Waals surface area contributed by atoms with Crippen LogP contribution < -0.4 is 10.1 Å². The molecule has 7 nitrogen and oxygen atoms in total. The van der Waals surface area contributed by atoms with Crippen molar-refractivity contribution in [1.82, 2.24) is 10.3 Å². The molecule has 4 aromatic rings. The maximum Gasteiger partial charge on any atom is 0.252 e. The van der Waals surface area contributed by atoms with Crippen LogP contribution >= 0.6 is 11.6 Å². The minimum absolute atomic E-state index is 0.191. The van der Waals surface area contributed by atoms with E-state index in [9.17, 15) is 14.7 Å². The number of aliphatic hydroxyl groups is 1. The van der Waals surface area contributed by atoms with Gasteiger partial charge in [0, 0.05) is 35.6 Å². The number of carbonyl (C=O) groups is 2. The topological polar surface area (TPSA) is 115 Å². The first-order valence-electron chi connectivity index (χ1n) is 12.2. The Balaban J connectivity index is 1.50. The summed E-state index contributed by atoms with van der Waals surface area (Å²) in [7, 11) is 1.54. The number of ketones is 1. The molecule has 1 atom stereocenters. The summed E-state index contributed by atoms with van der Waals surface area (Å²) in [6, 6.07) is 16.4. The SMILES string of the molecule is CNC(=O)c1ccc(-c2cc3c(c(C(=O)C(=N)C(CO)Cc4c[nH]c5ccccc45)c2)OCC=C3)cc1Cl. The number of aromatic amines is 1. The number of carbonyl (C=O) groups excluding carboxylic acids is 2. The van der Waals surface area contributed by atoms with Gasteiger partial charge < -0.3 is 25.6 Å². The van der Waals surface area contributed by atoms with E-state index in [1.54, 1.807) is 24.3 Å². The third kappa shape index (κ3) is 4.74. The summed E-state index contributed by atoms with van der Waals surface area (Å²) in [6.45, 7) is -0.0331. The van der Waals surface area contributed by atoms with Crippen molar-refractivity contribution in [1.29, 1.82) is 5.41 Å². The van der Waals surface area contributed by atoms with E-state index in [-0.39, 0.29) is 28.8 Å². The van der Waals surface area contributed by atoms with Gasteiger partial charge in [-0.25, -0.2) is 0 Å². The summed E-state index contributed by atoms with van der Waals surface area (Å²) in [5.41, 5.74) is 4.39. The lowest BCUT2D eigenvalue weighted by molar-refractivity contribution is 0.0962. The lowest BCUT2D eigenvalue weighted by Crippen LogP contribution is -2.28. The van der Waals surface area contributed by atoms with E-state index in [0.717, 1.165) is 16.5 Å². The van der Waals surface area contributed by atoms with Crippen LogP contribution in [0.5, 0.6) is 5.75 Å². The molecule has 8 heteroatoms. The number of hydrogen-bond acceptors (Lipinski definition) is 5. The van der Waals surface area contributed by atoms with Gasteiger partial charge in [0.25, 0.3) is 5.91 Å². The van der Waals surface area contributed by atoms with Gasteiger partial charge in [-0.2, -0.15) is 0 Å². The second kappa shape index (κ2) is 10.7. The molecule has 0 saturated carbocycles. The molecule has 0 fully saturated rings. The maximum absolute atomic E-state index is 13.7. The molecule has 2 heterocycles. The van der Waals surface area contributed by atoms with Crippen LogP contribution in [0.15, 0.2) is 66.9 Å². The lowest BCUT2D eigenvalue weighted by Gasteiger charge is -2.20. The molecule has 5 rings (SSSR count). The molecule has 1 aromatic heterocycles. The highest BCUT2D eigenvalue weighted by Gasteiger charge is 2.28. The lowest BCUT2D eigenvalue weighted by atomic mass is 9.88. The fourth-order valence-electron chi connectivity index (χ4n) is 4.75. The van der Waals surface area contributed by atoms with E-state index in [0.29, 0.717) is 41.0 Å². The Kier molecular flexibility index (Phi) is 7.13. The summed E-state index contributed by atoms with van der Waals surface area (Å²) in [6.07, 6.45) is 5.91. The van der Waals surface area contributed by atoms with Gasteiger partial charge in [-0.05, 0) is 59.5 Å². The van der Waals surface area contributed by atoms with Gasteiger partial charge >= 0.3 is 0 Å². The highest BCUT2D eigenvalue weighted by atomic mass is 35.5. The number of rotatable bonds is 8. The number of H-pyrrole nitrogens is 1. The zero-order chi connectivity index (χ0) is 26.8. The molecule has 1 aliphatic rings. The molecule has 0 saturated heterocycles. The van der Waals surface area contributed by atoms with E-state index in [1.807, 2.05) is 48.7 Å². The maximum atomic E-state index is 13.7. The van der Waals surface area contributed by atoms with Gasteiger partial charge in [0.1, 0.15) is 12.4 Å².